The number of nitrogens with one attached hydrogen (secondary N) is 1. The molecule has 0 spiro atoms. The van der Waals surface area contributed by atoms with Gasteiger partial charge in [0.05, 0.1) is 11.7 Å². The maximum absolute atomic E-state index is 12.4. The van der Waals surface area contributed by atoms with Crippen LogP contribution in [0.5, 0.6) is 0 Å². The summed E-state index contributed by atoms with van der Waals surface area (Å²) in [5.74, 6) is -0.616. The molecule has 1 heterocycles. The van der Waals surface area contributed by atoms with Crippen LogP contribution in [0.1, 0.15) is 30.1 Å². The summed E-state index contributed by atoms with van der Waals surface area (Å²) in [5.41, 5.74) is 1.14. The van der Waals surface area contributed by atoms with Crippen molar-refractivity contribution in [2.45, 2.75) is 19.8 Å². The summed E-state index contributed by atoms with van der Waals surface area (Å²) < 4.78 is 25.4. The number of nitrogens with zero attached hydrogens (tertiary/aromatic N) is 2. The lowest BCUT2D eigenvalue weighted by molar-refractivity contribution is -0.120. The normalized spacial score (nSPS) is 18.6. The van der Waals surface area contributed by atoms with E-state index in [1.165, 1.54) is 9.21 Å². The minimum atomic E-state index is -3.27. The molecular weight excluding hydrogens is 342 g/mol. The number of amides is 2. The Bertz CT molecular complexity index is 729. The molecule has 138 valence electrons. The summed E-state index contributed by atoms with van der Waals surface area (Å²) in [6.07, 6.45) is 1.34. The molecular formula is C17H25N3O4S. The SMILES string of the molecule is CCS(=O)(=O)N1CCC[C@@H](C(=O)Nc2ccc(C(=O)N(C)C)cc2)C1. The van der Waals surface area contributed by atoms with Gasteiger partial charge >= 0.3 is 0 Å². The fourth-order valence-electron chi connectivity index (χ4n) is 2.79. The molecule has 0 radical (unpaired) electrons. The van der Waals surface area contributed by atoms with Crippen molar-refractivity contribution in [3.63, 3.8) is 0 Å². The van der Waals surface area contributed by atoms with Crippen LogP contribution in [0.4, 0.5) is 5.69 Å². The predicted octanol–water partition coefficient (Wildman–Crippen LogP) is 1.39. The van der Waals surface area contributed by atoms with Crippen molar-refractivity contribution in [3.8, 4) is 0 Å². The van der Waals surface area contributed by atoms with E-state index >= 15 is 0 Å². The van der Waals surface area contributed by atoms with Gasteiger partial charge in [0, 0.05) is 38.4 Å². The molecule has 0 aliphatic carbocycles. The number of benzene rings is 1. The van der Waals surface area contributed by atoms with E-state index in [-0.39, 0.29) is 30.0 Å². The van der Waals surface area contributed by atoms with Crippen molar-refractivity contribution in [2.24, 2.45) is 5.92 Å². The zero-order valence-corrected chi connectivity index (χ0v) is 15.7. The molecule has 0 unspecified atom stereocenters. The van der Waals surface area contributed by atoms with Gasteiger partial charge in [0.1, 0.15) is 0 Å². The van der Waals surface area contributed by atoms with Crippen LogP contribution in [0, 0.1) is 5.92 Å². The smallest absolute Gasteiger partial charge is 0.253 e. The van der Waals surface area contributed by atoms with E-state index in [0.717, 1.165) is 0 Å². The Labute approximate surface area is 149 Å². The maximum Gasteiger partial charge on any atom is 0.253 e. The van der Waals surface area contributed by atoms with Crippen LogP contribution >= 0.6 is 0 Å². The highest BCUT2D eigenvalue weighted by atomic mass is 32.2. The van der Waals surface area contributed by atoms with Crippen LogP contribution in [-0.2, 0) is 14.8 Å². The second-order valence-electron chi connectivity index (χ2n) is 6.36. The fourth-order valence-corrected chi connectivity index (χ4v) is 3.97. The summed E-state index contributed by atoms with van der Waals surface area (Å²) in [7, 11) is 0.0829. The van der Waals surface area contributed by atoms with Crippen molar-refractivity contribution < 1.29 is 18.0 Å². The van der Waals surface area contributed by atoms with Crippen molar-refractivity contribution in [3.05, 3.63) is 29.8 Å². The third kappa shape index (κ3) is 4.79. The quantitative estimate of drug-likeness (QED) is 0.852. The van der Waals surface area contributed by atoms with Gasteiger partial charge < -0.3 is 10.2 Å². The van der Waals surface area contributed by atoms with Gasteiger partial charge in [-0.05, 0) is 44.0 Å². The van der Waals surface area contributed by atoms with E-state index in [0.29, 0.717) is 30.6 Å². The Morgan fingerprint density at radius 2 is 1.88 bits per heavy atom. The Morgan fingerprint density at radius 3 is 2.44 bits per heavy atom. The monoisotopic (exact) mass is 367 g/mol. The molecule has 2 rings (SSSR count). The van der Waals surface area contributed by atoms with Crippen molar-refractivity contribution in [1.29, 1.82) is 0 Å². The van der Waals surface area contributed by atoms with Gasteiger partial charge in [-0.1, -0.05) is 0 Å². The Balaban J connectivity index is 2.01. The standard InChI is InChI=1S/C17H25N3O4S/c1-4-25(23,24)20-11-5-6-14(12-20)16(21)18-15-9-7-13(8-10-15)17(22)19(2)3/h7-10,14H,4-6,11-12H2,1-3H3,(H,18,21)/t14-/m1/s1. The molecule has 2 amide bonds. The van der Waals surface area contributed by atoms with Crippen LogP contribution in [0.3, 0.4) is 0 Å². The van der Waals surface area contributed by atoms with Crippen molar-refractivity contribution >= 4 is 27.5 Å². The predicted molar refractivity (Wildman–Crippen MR) is 96.8 cm³/mol. The molecule has 1 aliphatic heterocycles. The lowest BCUT2D eigenvalue weighted by atomic mass is 9.98. The van der Waals surface area contributed by atoms with Gasteiger partial charge in [0.15, 0.2) is 0 Å². The van der Waals surface area contributed by atoms with Crippen LogP contribution in [-0.4, -0.2) is 62.4 Å². The number of rotatable bonds is 5. The number of anilines is 1. The van der Waals surface area contributed by atoms with Crippen LogP contribution in [0.15, 0.2) is 24.3 Å². The molecule has 7 nitrogen and oxygen atoms in total. The summed E-state index contributed by atoms with van der Waals surface area (Å²) in [4.78, 5) is 25.8. The molecule has 25 heavy (non-hydrogen) atoms. The van der Waals surface area contributed by atoms with E-state index in [1.807, 2.05) is 0 Å². The van der Waals surface area contributed by atoms with Gasteiger partial charge in [-0.2, -0.15) is 0 Å². The van der Waals surface area contributed by atoms with E-state index in [4.69, 9.17) is 0 Å². The number of piperidine rings is 1. The molecule has 1 atom stereocenters. The average Bonchev–Trinajstić information content (AvgIpc) is 2.61. The fraction of sp³-hybridized carbons (Fsp3) is 0.529. The van der Waals surface area contributed by atoms with Gasteiger partial charge in [0.2, 0.25) is 15.9 Å². The van der Waals surface area contributed by atoms with Gasteiger partial charge in [0.25, 0.3) is 5.91 Å². The molecule has 1 aromatic carbocycles. The first-order chi connectivity index (χ1) is 11.7. The first kappa shape index (κ1) is 19.4. The molecule has 1 saturated heterocycles. The summed E-state index contributed by atoms with van der Waals surface area (Å²) in [5, 5.41) is 2.81. The van der Waals surface area contributed by atoms with E-state index < -0.39 is 10.0 Å². The largest absolute Gasteiger partial charge is 0.345 e. The number of hydrogen-bond donors (Lipinski definition) is 1. The molecule has 1 N–H and O–H groups in total. The Morgan fingerprint density at radius 1 is 1.24 bits per heavy atom. The molecule has 1 aliphatic rings. The van der Waals surface area contributed by atoms with Crippen LogP contribution < -0.4 is 5.32 Å². The molecule has 8 heteroatoms. The second-order valence-corrected chi connectivity index (χ2v) is 8.62. The number of carbonyl (C=O) groups is 2. The maximum atomic E-state index is 12.4. The molecule has 0 bridgehead atoms. The van der Waals surface area contributed by atoms with E-state index in [2.05, 4.69) is 5.32 Å². The molecule has 1 aromatic rings. The third-order valence-corrected chi connectivity index (χ3v) is 6.17. The lowest BCUT2D eigenvalue weighted by Crippen LogP contribution is -2.44. The van der Waals surface area contributed by atoms with Crippen LogP contribution in [0.25, 0.3) is 0 Å². The van der Waals surface area contributed by atoms with Crippen molar-refractivity contribution in [2.75, 3.05) is 38.3 Å². The molecule has 1 fully saturated rings. The lowest BCUT2D eigenvalue weighted by Gasteiger charge is -2.30. The Hall–Kier alpha value is -1.93. The summed E-state index contributed by atoms with van der Waals surface area (Å²) in [6.45, 7) is 2.30. The zero-order valence-electron chi connectivity index (χ0n) is 14.9. The first-order valence-electron chi connectivity index (χ1n) is 8.35. The summed E-state index contributed by atoms with van der Waals surface area (Å²) >= 11 is 0. The molecule has 0 saturated carbocycles. The van der Waals surface area contributed by atoms with Gasteiger partial charge in [-0.25, -0.2) is 12.7 Å². The minimum Gasteiger partial charge on any atom is -0.345 e. The minimum absolute atomic E-state index is 0.0443. The third-order valence-electron chi connectivity index (χ3n) is 4.32. The summed E-state index contributed by atoms with van der Waals surface area (Å²) in [6, 6.07) is 6.68. The topological polar surface area (TPSA) is 86.8 Å². The number of sulfonamides is 1. The average molecular weight is 367 g/mol. The van der Waals surface area contributed by atoms with E-state index in [1.54, 1.807) is 45.3 Å². The Kier molecular flexibility index (Phi) is 6.18. The van der Waals surface area contributed by atoms with Crippen molar-refractivity contribution in [1.82, 2.24) is 9.21 Å². The highest BCUT2D eigenvalue weighted by Crippen LogP contribution is 2.21. The van der Waals surface area contributed by atoms with Gasteiger partial charge in [-0.3, -0.25) is 9.59 Å². The second kappa shape index (κ2) is 7.97. The van der Waals surface area contributed by atoms with Crippen LogP contribution in [0.2, 0.25) is 0 Å². The number of carbonyl (C=O) groups excluding carboxylic acids is 2. The highest BCUT2D eigenvalue weighted by Gasteiger charge is 2.31. The van der Waals surface area contributed by atoms with E-state index in [9.17, 15) is 18.0 Å². The zero-order chi connectivity index (χ0) is 18.6. The first-order valence-corrected chi connectivity index (χ1v) is 9.96. The van der Waals surface area contributed by atoms with Gasteiger partial charge in [-0.15, -0.1) is 0 Å². The highest BCUT2D eigenvalue weighted by molar-refractivity contribution is 7.89. The molecule has 0 aromatic heterocycles. The number of hydrogen-bond acceptors (Lipinski definition) is 4.